The Morgan fingerprint density at radius 3 is 2.62 bits per heavy atom. The van der Waals surface area contributed by atoms with Crippen molar-refractivity contribution in [2.75, 3.05) is 6.54 Å². The first kappa shape index (κ1) is 25.3. The maximum atomic E-state index is 13.3. The predicted octanol–water partition coefficient (Wildman–Crippen LogP) is 5.66. The van der Waals surface area contributed by atoms with Crippen LogP contribution in [0.4, 0.5) is 13.2 Å². The second kappa shape index (κ2) is 9.50. The largest absolute Gasteiger partial charge is 0.481 e. The summed E-state index contributed by atoms with van der Waals surface area (Å²) in [6.45, 7) is 2.95. The van der Waals surface area contributed by atoms with Crippen LogP contribution in [0.25, 0.3) is 11.0 Å². The summed E-state index contributed by atoms with van der Waals surface area (Å²) in [5, 5.41) is 10.4. The molecule has 1 amide bonds. The smallest absolute Gasteiger partial charge is 0.416 e. The summed E-state index contributed by atoms with van der Waals surface area (Å²) >= 11 is 0. The van der Waals surface area contributed by atoms with Gasteiger partial charge < -0.3 is 14.6 Å². The molecule has 1 aromatic carbocycles. The van der Waals surface area contributed by atoms with Crippen LogP contribution in [-0.4, -0.2) is 38.0 Å². The molecule has 1 N–H and O–H groups in total. The average molecular weight is 514 g/mol. The third-order valence-corrected chi connectivity index (χ3v) is 8.15. The Kier molecular flexibility index (Phi) is 6.50. The molecule has 37 heavy (non-hydrogen) atoms. The third-order valence-electron chi connectivity index (χ3n) is 8.15. The summed E-state index contributed by atoms with van der Waals surface area (Å²) in [5.41, 5.74) is 1.83. The highest BCUT2D eigenvalue weighted by atomic mass is 19.4. The van der Waals surface area contributed by atoms with Gasteiger partial charge in [-0.15, -0.1) is 0 Å². The van der Waals surface area contributed by atoms with Gasteiger partial charge in [-0.3, -0.25) is 9.59 Å². The van der Waals surface area contributed by atoms with Crippen molar-refractivity contribution in [1.82, 2.24) is 14.5 Å². The molecular formula is C28H30F3N3O3. The van der Waals surface area contributed by atoms with Gasteiger partial charge in [0.25, 0.3) is 0 Å². The molecule has 1 saturated carbocycles. The van der Waals surface area contributed by atoms with Crippen LogP contribution in [0.3, 0.4) is 0 Å². The van der Waals surface area contributed by atoms with Crippen molar-refractivity contribution in [3.05, 3.63) is 65.0 Å². The zero-order valence-corrected chi connectivity index (χ0v) is 20.7. The SMILES string of the molecule is CC1(C(=O)O)CCC(CC(=O)N2CCc3c(n(Cc4cccc(C(F)(F)F)c4)c4ncccc34)C2)CC1. The minimum atomic E-state index is -4.42. The second-order valence-electron chi connectivity index (χ2n) is 10.7. The van der Waals surface area contributed by atoms with Gasteiger partial charge in [0, 0.05) is 36.8 Å². The van der Waals surface area contributed by atoms with Crippen molar-refractivity contribution in [3.63, 3.8) is 0 Å². The molecule has 2 aromatic heterocycles. The number of rotatable bonds is 5. The topological polar surface area (TPSA) is 75.4 Å². The van der Waals surface area contributed by atoms with E-state index < -0.39 is 23.1 Å². The maximum Gasteiger partial charge on any atom is 0.416 e. The summed E-state index contributed by atoms with van der Waals surface area (Å²) < 4.78 is 41.8. The van der Waals surface area contributed by atoms with Gasteiger partial charge in [-0.2, -0.15) is 13.2 Å². The lowest BCUT2D eigenvalue weighted by molar-refractivity contribution is -0.150. The van der Waals surface area contributed by atoms with Gasteiger partial charge in [0.1, 0.15) is 5.65 Å². The fourth-order valence-corrected chi connectivity index (χ4v) is 5.78. The Morgan fingerprint density at radius 1 is 1.16 bits per heavy atom. The fraction of sp³-hybridized carbons (Fsp3) is 0.464. The van der Waals surface area contributed by atoms with Crippen LogP contribution in [0.15, 0.2) is 42.6 Å². The van der Waals surface area contributed by atoms with Crippen molar-refractivity contribution < 1.29 is 27.9 Å². The maximum absolute atomic E-state index is 13.3. The van der Waals surface area contributed by atoms with Gasteiger partial charge >= 0.3 is 12.1 Å². The van der Waals surface area contributed by atoms with E-state index in [1.54, 1.807) is 19.2 Å². The number of nitrogens with zero attached hydrogens (tertiary/aromatic N) is 3. The van der Waals surface area contributed by atoms with Crippen LogP contribution in [0.5, 0.6) is 0 Å². The number of carboxylic acids is 1. The van der Waals surface area contributed by atoms with Crippen molar-refractivity contribution >= 4 is 22.9 Å². The summed E-state index contributed by atoms with van der Waals surface area (Å²) in [6, 6.07) is 9.15. The number of carbonyl (C=O) groups excluding carboxylic acids is 1. The van der Waals surface area contributed by atoms with E-state index in [1.807, 2.05) is 21.6 Å². The van der Waals surface area contributed by atoms with E-state index in [9.17, 15) is 27.9 Å². The minimum absolute atomic E-state index is 0.0402. The zero-order chi connectivity index (χ0) is 26.4. The number of carbonyl (C=O) groups is 2. The van der Waals surface area contributed by atoms with Gasteiger partial charge in [-0.05, 0) is 80.3 Å². The molecule has 1 aliphatic heterocycles. The van der Waals surface area contributed by atoms with E-state index in [2.05, 4.69) is 4.98 Å². The lowest BCUT2D eigenvalue weighted by Gasteiger charge is -2.35. The van der Waals surface area contributed by atoms with Crippen molar-refractivity contribution in [3.8, 4) is 0 Å². The van der Waals surface area contributed by atoms with Crippen LogP contribution >= 0.6 is 0 Å². The highest BCUT2D eigenvalue weighted by Crippen LogP contribution is 2.40. The van der Waals surface area contributed by atoms with Gasteiger partial charge in [-0.1, -0.05) is 12.1 Å². The minimum Gasteiger partial charge on any atom is -0.481 e. The second-order valence-corrected chi connectivity index (χ2v) is 10.7. The van der Waals surface area contributed by atoms with Gasteiger partial charge in [0.15, 0.2) is 0 Å². The molecule has 0 radical (unpaired) electrons. The van der Waals surface area contributed by atoms with E-state index in [1.165, 1.54) is 12.1 Å². The first-order chi connectivity index (χ1) is 17.5. The normalized spacial score (nSPS) is 22.2. The first-order valence-corrected chi connectivity index (χ1v) is 12.7. The number of aliphatic carboxylic acids is 1. The molecule has 6 nitrogen and oxygen atoms in total. The molecule has 2 aliphatic rings. The van der Waals surface area contributed by atoms with Crippen LogP contribution in [0.1, 0.15) is 61.4 Å². The van der Waals surface area contributed by atoms with E-state index in [-0.39, 0.29) is 18.4 Å². The first-order valence-electron chi connectivity index (χ1n) is 12.7. The fourth-order valence-electron chi connectivity index (χ4n) is 5.78. The summed E-state index contributed by atoms with van der Waals surface area (Å²) in [4.78, 5) is 31.2. The van der Waals surface area contributed by atoms with Gasteiger partial charge in [-0.25, -0.2) is 4.98 Å². The molecule has 3 heterocycles. The number of hydrogen-bond donors (Lipinski definition) is 1. The standard InChI is InChI=1S/C28H30F3N3O3/c1-27(26(36)37)10-7-18(8-11-27)15-24(35)33-13-9-21-22-6-3-12-32-25(22)34(23(21)17-33)16-19-4-2-5-20(14-19)28(29,30)31/h2-6,12,14,18H,7-11,13,15-17H2,1H3,(H,36,37). The number of hydrogen-bond acceptors (Lipinski definition) is 3. The summed E-state index contributed by atoms with van der Waals surface area (Å²) in [7, 11) is 0. The Bertz CT molecular complexity index is 1340. The molecule has 0 atom stereocenters. The Morgan fingerprint density at radius 2 is 1.92 bits per heavy atom. The Labute approximate surface area is 213 Å². The number of pyridine rings is 1. The van der Waals surface area contributed by atoms with E-state index in [0.717, 1.165) is 22.7 Å². The number of halogens is 3. The molecule has 196 valence electrons. The van der Waals surface area contributed by atoms with E-state index in [4.69, 9.17) is 0 Å². The van der Waals surface area contributed by atoms with Crippen molar-refractivity contribution in [1.29, 1.82) is 0 Å². The molecule has 0 spiro atoms. The zero-order valence-electron chi connectivity index (χ0n) is 20.7. The number of alkyl halides is 3. The summed E-state index contributed by atoms with van der Waals surface area (Å²) in [6.07, 6.45) is 0.866. The van der Waals surface area contributed by atoms with Gasteiger partial charge in [0.05, 0.1) is 17.5 Å². The quantitative estimate of drug-likeness (QED) is 0.478. The number of fused-ring (bicyclic) bond motifs is 3. The predicted molar refractivity (Wildman–Crippen MR) is 132 cm³/mol. The number of aromatic nitrogens is 2. The third kappa shape index (κ3) is 4.95. The molecule has 9 heteroatoms. The van der Waals surface area contributed by atoms with E-state index >= 15 is 0 Å². The van der Waals surface area contributed by atoms with Crippen molar-refractivity contribution in [2.24, 2.45) is 11.3 Å². The summed E-state index contributed by atoms with van der Waals surface area (Å²) in [5.74, 6) is -0.569. The van der Waals surface area contributed by atoms with Crippen LogP contribution < -0.4 is 0 Å². The highest BCUT2D eigenvalue weighted by Gasteiger charge is 2.38. The number of carboxylic acid groups (broad SMARTS) is 1. The average Bonchev–Trinajstić information content (AvgIpc) is 3.18. The van der Waals surface area contributed by atoms with Gasteiger partial charge in [0.2, 0.25) is 5.91 Å². The molecule has 1 fully saturated rings. The Balaban J connectivity index is 1.37. The molecular weight excluding hydrogens is 483 g/mol. The Hall–Kier alpha value is -3.36. The molecule has 0 bridgehead atoms. The molecule has 5 rings (SSSR count). The lowest BCUT2D eigenvalue weighted by Crippen LogP contribution is -2.39. The van der Waals surface area contributed by atoms with Crippen LogP contribution in [0.2, 0.25) is 0 Å². The van der Waals surface area contributed by atoms with Crippen LogP contribution in [0, 0.1) is 11.3 Å². The lowest BCUT2D eigenvalue weighted by atomic mass is 9.71. The molecule has 1 aliphatic carbocycles. The number of benzene rings is 1. The van der Waals surface area contributed by atoms with Crippen molar-refractivity contribution in [2.45, 2.75) is 64.7 Å². The molecule has 0 saturated heterocycles. The highest BCUT2D eigenvalue weighted by molar-refractivity contribution is 5.84. The van der Waals surface area contributed by atoms with E-state index in [0.29, 0.717) is 62.8 Å². The number of amides is 1. The molecule has 0 unspecified atom stereocenters. The molecule has 3 aromatic rings. The van der Waals surface area contributed by atoms with Crippen LogP contribution in [-0.2, 0) is 35.3 Å². The monoisotopic (exact) mass is 513 g/mol.